The number of anilines is 1. The summed E-state index contributed by atoms with van der Waals surface area (Å²) in [7, 11) is 0. The van der Waals surface area contributed by atoms with E-state index in [0.29, 0.717) is 12.3 Å². The third-order valence-electron chi connectivity index (χ3n) is 2.89. The largest absolute Gasteiger partial charge is 0.508 e. The van der Waals surface area contributed by atoms with Crippen LogP contribution in [0.4, 0.5) is 5.69 Å². The monoisotopic (exact) mass is 305 g/mol. The number of benzene rings is 2. The molecule has 0 aliphatic heterocycles. The fourth-order valence-corrected chi connectivity index (χ4v) is 2.31. The summed E-state index contributed by atoms with van der Waals surface area (Å²) < 4.78 is 0.970. The van der Waals surface area contributed by atoms with Crippen molar-refractivity contribution in [2.45, 2.75) is 20.4 Å². The van der Waals surface area contributed by atoms with Gasteiger partial charge >= 0.3 is 0 Å². The average molecular weight is 306 g/mol. The maximum Gasteiger partial charge on any atom is 0.120 e. The zero-order valence-corrected chi connectivity index (χ0v) is 12.1. The van der Waals surface area contributed by atoms with Gasteiger partial charge in [-0.3, -0.25) is 0 Å². The molecule has 0 saturated carbocycles. The molecule has 18 heavy (non-hydrogen) atoms. The molecule has 0 heterocycles. The van der Waals surface area contributed by atoms with Crippen molar-refractivity contribution in [1.82, 2.24) is 0 Å². The number of phenolic OH excluding ortho intramolecular Hbond substituents is 1. The molecule has 0 saturated heterocycles. The van der Waals surface area contributed by atoms with Crippen LogP contribution < -0.4 is 5.32 Å². The molecule has 94 valence electrons. The van der Waals surface area contributed by atoms with Gasteiger partial charge in [0.25, 0.3) is 0 Å². The van der Waals surface area contributed by atoms with E-state index < -0.39 is 0 Å². The van der Waals surface area contributed by atoms with E-state index in [0.717, 1.165) is 15.7 Å². The van der Waals surface area contributed by atoms with Crippen molar-refractivity contribution in [2.24, 2.45) is 0 Å². The lowest BCUT2D eigenvalue weighted by atomic mass is 10.1. The molecule has 0 fully saturated rings. The van der Waals surface area contributed by atoms with Crippen LogP contribution in [0.5, 0.6) is 5.75 Å². The Morgan fingerprint density at radius 2 is 1.89 bits per heavy atom. The number of halogens is 1. The van der Waals surface area contributed by atoms with Gasteiger partial charge in [-0.1, -0.05) is 33.6 Å². The first-order valence-electron chi connectivity index (χ1n) is 5.85. The number of aromatic hydroxyl groups is 1. The normalized spacial score (nSPS) is 10.4. The van der Waals surface area contributed by atoms with Crippen molar-refractivity contribution in [3.05, 3.63) is 57.6 Å². The zero-order chi connectivity index (χ0) is 13.1. The summed E-state index contributed by atoms with van der Waals surface area (Å²) in [5.41, 5.74) is 4.44. The van der Waals surface area contributed by atoms with E-state index in [1.54, 1.807) is 6.07 Å². The van der Waals surface area contributed by atoms with Crippen LogP contribution in [0.2, 0.25) is 0 Å². The molecule has 2 nitrogen and oxygen atoms in total. The van der Waals surface area contributed by atoms with E-state index in [2.05, 4.69) is 53.3 Å². The highest BCUT2D eigenvalue weighted by molar-refractivity contribution is 9.10. The molecule has 0 amide bonds. The quantitative estimate of drug-likeness (QED) is 0.882. The molecule has 2 aromatic rings. The molecule has 3 heteroatoms. The minimum absolute atomic E-state index is 0.315. The summed E-state index contributed by atoms with van der Waals surface area (Å²) in [4.78, 5) is 0. The second kappa shape index (κ2) is 5.44. The molecule has 0 aromatic heterocycles. The highest BCUT2D eigenvalue weighted by atomic mass is 79.9. The Labute approximate surface area is 116 Å². The fraction of sp³-hybridized carbons (Fsp3) is 0.200. The molecule has 2 rings (SSSR count). The van der Waals surface area contributed by atoms with Crippen LogP contribution in [0.3, 0.4) is 0 Å². The Morgan fingerprint density at radius 3 is 2.61 bits per heavy atom. The van der Waals surface area contributed by atoms with Gasteiger partial charge in [0.2, 0.25) is 0 Å². The number of nitrogens with one attached hydrogen (secondary N) is 1. The van der Waals surface area contributed by atoms with E-state index in [1.807, 2.05) is 12.1 Å². The number of rotatable bonds is 3. The third-order valence-corrected chi connectivity index (χ3v) is 3.39. The highest BCUT2D eigenvalue weighted by Crippen LogP contribution is 2.24. The van der Waals surface area contributed by atoms with Crippen molar-refractivity contribution in [3.8, 4) is 5.75 Å². The highest BCUT2D eigenvalue weighted by Gasteiger charge is 2.03. The summed E-state index contributed by atoms with van der Waals surface area (Å²) in [5.74, 6) is 0.315. The van der Waals surface area contributed by atoms with Gasteiger partial charge in [-0.25, -0.2) is 0 Å². The van der Waals surface area contributed by atoms with Gasteiger partial charge in [-0.05, 0) is 43.7 Å². The van der Waals surface area contributed by atoms with Crippen LogP contribution in [0.15, 0.2) is 40.9 Å². The molecule has 0 aliphatic carbocycles. The van der Waals surface area contributed by atoms with Gasteiger partial charge < -0.3 is 10.4 Å². The first kappa shape index (κ1) is 13.0. The van der Waals surface area contributed by atoms with Crippen LogP contribution in [0.1, 0.15) is 16.7 Å². The van der Waals surface area contributed by atoms with Gasteiger partial charge in [-0.15, -0.1) is 0 Å². The summed E-state index contributed by atoms with van der Waals surface area (Å²) in [6, 6.07) is 11.7. The van der Waals surface area contributed by atoms with Crippen molar-refractivity contribution in [3.63, 3.8) is 0 Å². The molecule has 0 bridgehead atoms. The average Bonchev–Trinajstić information content (AvgIpc) is 2.32. The molecular weight excluding hydrogens is 290 g/mol. The predicted molar refractivity (Wildman–Crippen MR) is 79.0 cm³/mol. The van der Waals surface area contributed by atoms with Crippen LogP contribution in [0.25, 0.3) is 0 Å². The second-order valence-corrected chi connectivity index (χ2v) is 5.36. The molecule has 0 unspecified atom stereocenters. The van der Waals surface area contributed by atoms with E-state index in [9.17, 15) is 5.11 Å². The van der Waals surface area contributed by atoms with Gasteiger partial charge in [0.1, 0.15) is 5.75 Å². The maximum absolute atomic E-state index is 9.77. The van der Waals surface area contributed by atoms with Gasteiger partial charge in [0, 0.05) is 22.3 Å². The van der Waals surface area contributed by atoms with Gasteiger partial charge in [0.05, 0.1) is 0 Å². The molecule has 0 aliphatic rings. The zero-order valence-electron chi connectivity index (χ0n) is 10.5. The molecule has 2 aromatic carbocycles. The number of phenols is 1. The fourth-order valence-electron chi connectivity index (χ4n) is 1.90. The van der Waals surface area contributed by atoms with Crippen LogP contribution >= 0.6 is 15.9 Å². The molecule has 0 radical (unpaired) electrons. The molecule has 2 N–H and O–H groups in total. The molecular formula is C15H16BrNO. The van der Waals surface area contributed by atoms with E-state index in [4.69, 9.17) is 0 Å². The smallest absolute Gasteiger partial charge is 0.120 e. The summed E-state index contributed by atoms with van der Waals surface area (Å²) >= 11 is 3.41. The van der Waals surface area contributed by atoms with Crippen LogP contribution in [-0.2, 0) is 6.54 Å². The minimum Gasteiger partial charge on any atom is -0.508 e. The molecule has 0 spiro atoms. The Hall–Kier alpha value is -1.48. The first-order valence-corrected chi connectivity index (χ1v) is 6.64. The lowest BCUT2D eigenvalue weighted by Crippen LogP contribution is -2.01. The van der Waals surface area contributed by atoms with Gasteiger partial charge in [0.15, 0.2) is 0 Å². The van der Waals surface area contributed by atoms with E-state index >= 15 is 0 Å². The summed E-state index contributed by atoms with van der Waals surface area (Å²) in [5, 5.41) is 13.1. The lowest BCUT2D eigenvalue weighted by Gasteiger charge is -2.11. The number of hydrogen-bond donors (Lipinski definition) is 2. The van der Waals surface area contributed by atoms with Crippen molar-refractivity contribution in [2.75, 3.05) is 5.32 Å². The van der Waals surface area contributed by atoms with Crippen LogP contribution in [-0.4, -0.2) is 5.11 Å². The standard InChI is InChI=1S/C15H16BrNO/c1-10-3-5-14(11(2)7-10)17-9-12-8-13(16)4-6-15(12)18/h3-8,17-18H,9H2,1-2H3. The lowest BCUT2D eigenvalue weighted by molar-refractivity contribution is 0.469. The number of aryl methyl sites for hydroxylation is 2. The summed E-state index contributed by atoms with van der Waals surface area (Å²) in [6.07, 6.45) is 0. The second-order valence-electron chi connectivity index (χ2n) is 4.44. The van der Waals surface area contributed by atoms with Crippen molar-refractivity contribution in [1.29, 1.82) is 0 Å². The Balaban J connectivity index is 2.13. The Morgan fingerprint density at radius 1 is 1.11 bits per heavy atom. The van der Waals surface area contributed by atoms with E-state index in [-0.39, 0.29) is 0 Å². The van der Waals surface area contributed by atoms with Crippen molar-refractivity contribution >= 4 is 21.6 Å². The third kappa shape index (κ3) is 3.05. The first-order chi connectivity index (χ1) is 8.56. The topological polar surface area (TPSA) is 32.3 Å². The SMILES string of the molecule is Cc1ccc(NCc2cc(Br)ccc2O)c(C)c1. The predicted octanol–water partition coefficient (Wildman–Crippen LogP) is 4.38. The molecule has 0 atom stereocenters. The number of hydrogen-bond acceptors (Lipinski definition) is 2. The maximum atomic E-state index is 9.77. The van der Waals surface area contributed by atoms with E-state index in [1.165, 1.54) is 11.1 Å². The Kier molecular flexibility index (Phi) is 3.92. The summed E-state index contributed by atoms with van der Waals surface area (Å²) in [6.45, 7) is 4.77. The van der Waals surface area contributed by atoms with Crippen LogP contribution in [0, 0.1) is 13.8 Å². The van der Waals surface area contributed by atoms with Gasteiger partial charge in [-0.2, -0.15) is 0 Å². The minimum atomic E-state index is 0.315. The van der Waals surface area contributed by atoms with Crippen molar-refractivity contribution < 1.29 is 5.11 Å². The Bertz CT molecular complexity index is 566.